The highest BCUT2D eigenvalue weighted by Gasteiger charge is 2.65. The topological polar surface area (TPSA) is 45.7 Å². The van der Waals surface area contributed by atoms with Crippen molar-refractivity contribution in [3.63, 3.8) is 0 Å². The molecule has 4 rings (SSSR count). The minimum absolute atomic E-state index is 0. The zero-order valence-electron chi connectivity index (χ0n) is 15.6. The molecule has 4 fully saturated rings. The summed E-state index contributed by atoms with van der Waals surface area (Å²) in [5, 5.41) is 8.44. The molecule has 144 valence electrons. The average Bonchev–Trinajstić information content (AvgIpc) is 3.31. The SMILES string of the molecule is CCN=C(NC1CCC(SC)C1)NC1C2CCOC2C12CCCC2.I. The van der Waals surface area contributed by atoms with E-state index in [0.717, 1.165) is 24.4 Å². The molecule has 3 saturated carbocycles. The van der Waals surface area contributed by atoms with Gasteiger partial charge in [0.15, 0.2) is 5.96 Å². The van der Waals surface area contributed by atoms with E-state index < -0.39 is 0 Å². The van der Waals surface area contributed by atoms with E-state index in [1.54, 1.807) is 0 Å². The summed E-state index contributed by atoms with van der Waals surface area (Å²) in [7, 11) is 0. The lowest BCUT2D eigenvalue weighted by Gasteiger charge is -2.57. The number of thioether (sulfide) groups is 1. The van der Waals surface area contributed by atoms with Crippen molar-refractivity contribution in [1.29, 1.82) is 0 Å². The third-order valence-corrected chi connectivity index (χ3v) is 8.05. The molecule has 1 saturated heterocycles. The van der Waals surface area contributed by atoms with Gasteiger partial charge < -0.3 is 15.4 Å². The molecule has 4 nitrogen and oxygen atoms in total. The number of nitrogens with zero attached hydrogens (tertiary/aromatic N) is 1. The standard InChI is InChI=1S/C19H33N3OS.HI/c1-3-20-18(21-13-6-7-14(12-13)24-2)22-16-15-8-11-23-17(15)19(16)9-4-5-10-19;/h13-17H,3-12H2,1-2H3,(H2,20,21,22);1H. The fourth-order valence-electron chi connectivity index (χ4n) is 5.82. The molecule has 1 heterocycles. The zero-order valence-corrected chi connectivity index (χ0v) is 18.8. The second kappa shape index (κ2) is 8.55. The van der Waals surface area contributed by atoms with Gasteiger partial charge in [0.1, 0.15) is 0 Å². The van der Waals surface area contributed by atoms with Crippen LogP contribution >= 0.6 is 35.7 Å². The first-order valence-electron chi connectivity index (χ1n) is 9.98. The van der Waals surface area contributed by atoms with Crippen LogP contribution in [0, 0.1) is 11.3 Å². The molecule has 1 spiro atoms. The molecule has 0 bridgehead atoms. The van der Waals surface area contributed by atoms with Gasteiger partial charge in [-0.25, -0.2) is 0 Å². The predicted octanol–water partition coefficient (Wildman–Crippen LogP) is 3.79. The van der Waals surface area contributed by atoms with Gasteiger partial charge in [-0.05, 0) is 51.7 Å². The largest absolute Gasteiger partial charge is 0.377 e. The highest BCUT2D eigenvalue weighted by atomic mass is 127. The van der Waals surface area contributed by atoms with Crippen molar-refractivity contribution < 1.29 is 4.74 Å². The van der Waals surface area contributed by atoms with Crippen LogP contribution in [0.3, 0.4) is 0 Å². The van der Waals surface area contributed by atoms with Crippen LogP contribution in [-0.2, 0) is 4.74 Å². The number of guanidine groups is 1. The number of aliphatic imine (C=N–C) groups is 1. The summed E-state index contributed by atoms with van der Waals surface area (Å²) < 4.78 is 6.12. The lowest BCUT2D eigenvalue weighted by Crippen LogP contribution is -2.69. The van der Waals surface area contributed by atoms with E-state index in [9.17, 15) is 0 Å². The maximum atomic E-state index is 6.12. The Kier molecular flexibility index (Phi) is 6.86. The number of halogens is 1. The van der Waals surface area contributed by atoms with E-state index in [1.807, 2.05) is 11.8 Å². The van der Waals surface area contributed by atoms with Crippen molar-refractivity contribution in [3.8, 4) is 0 Å². The molecule has 4 aliphatic rings. The number of rotatable bonds is 4. The Morgan fingerprint density at radius 3 is 2.68 bits per heavy atom. The van der Waals surface area contributed by atoms with Crippen LogP contribution in [0.15, 0.2) is 4.99 Å². The first kappa shape index (κ1) is 20.1. The van der Waals surface area contributed by atoms with Crippen LogP contribution in [0.25, 0.3) is 0 Å². The van der Waals surface area contributed by atoms with Crippen molar-refractivity contribution in [2.45, 2.75) is 81.7 Å². The minimum Gasteiger partial charge on any atom is -0.377 e. The van der Waals surface area contributed by atoms with Crippen molar-refractivity contribution in [2.75, 3.05) is 19.4 Å². The lowest BCUT2D eigenvalue weighted by atomic mass is 9.54. The number of nitrogens with one attached hydrogen (secondary N) is 2. The molecule has 1 aliphatic heterocycles. The van der Waals surface area contributed by atoms with Gasteiger partial charge in [-0.15, -0.1) is 24.0 Å². The molecule has 0 aromatic heterocycles. The van der Waals surface area contributed by atoms with Gasteiger partial charge in [0.05, 0.1) is 6.10 Å². The summed E-state index contributed by atoms with van der Waals surface area (Å²) in [5.41, 5.74) is 0.398. The van der Waals surface area contributed by atoms with E-state index in [4.69, 9.17) is 9.73 Å². The Hall–Kier alpha value is 0.310. The van der Waals surface area contributed by atoms with Crippen LogP contribution in [0.5, 0.6) is 0 Å². The number of hydrogen-bond donors (Lipinski definition) is 2. The van der Waals surface area contributed by atoms with Gasteiger partial charge in [0.2, 0.25) is 0 Å². The first-order valence-corrected chi connectivity index (χ1v) is 11.3. The molecule has 2 N–H and O–H groups in total. The van der Waals surface area contributed by atoms with Gasteiger partial charge >= 0.3 is 0 Å². The second-order valence-electron chi connectivity index (χ2n) is 8.14. The van der Waals surface area contributed by atoms with Gasteiger partial charge in [-0.2, -0.15) is 11.8 Å². The van der Waals surface area contributed by atoms with Crippen LogP contribution in [0.1, 0.15) is 58.3 Å². The third-order valence-electron chi connectivity index (χ3n) is 6.95. The molecule has 5 unspecified atom stereocenters. The van der Waals surface area contributed by atoms with E-state index in [2.05, 4.69) is 23.8 Å². The predicted molar refractivity (Wildman–Crippen MR) is 117 cm³/mol. The Balaban J connectivity index is 0.00000182. The van der Waals surface area contributed by atoms with Crippen molar-refractivity contribution in [2.24, 2.45) is 16.3 Å². The van der Waals surface area contributed by atoms with Crippen LogP contribution < -0.4 is 10.6 Å². The molecule has 5 atom stereocenters. The highest BCUT2D eigenvalue weighted by molar-refractivity contribution is 14.0. The van der Waals surface area contributed by atoms with Crippen molar-refractivity contribution >= 4 is 41.7 Å². The summed E-state index contributed by atoms with van der Waals surface area (Å²) in [6, 6.07) is 1.17. The molecule has 0 amide bonds. The fourth-order valence-corrected chi connectivity index (χ4v) is 6.62. The zero-order chi connectivity index (χ0) is 16.6. The maximum Gasteiger partial charge on any atom is 0.191 e. The van der Waals surface area contributed by atoms with E-state index in [1.165, 1.54) is 51.4 Å². The van der Waals surface area contributed by atoms with Gasteiger partial charge in [0.25, 0.3) is 0 Å². The summed E-state index contributed by atoms with van der Waals surface area (Å²) in [5.74, 6) is 1.76. The van der Waals surface area contributed by atoms with Gasteiger partial charge in [-0.3, -0.25) is 4.99 Å². The van der Waals surface area contributed by atoms with Gasteiger partial charge in [-0.1, -0.05) is 12.8 Å². The van der Waals surface area contributed by atoms with Crippen LogP contribution in [0.4, 0.5) is 0 Å². The van der Waals surface area contributed by atoms with E-state index >= 15 is 0 Å². The Morgan fingerprint density at radius 2 is 2.00 bits per heavy atom. The molecular weight excluding hydrogens is 445 g/mol. The molecular formula is C19H34IN3OS. The molecule has 0 aromatic rings. The van der Waals surface area contributed by atoms with E-state index in [0.29, 0.717) is 29.5 Å². The smallest absolute Gasteiger partial charge is 0.191 e. The minimum atomic E-state index is 0. The monoisotopic (exact) mass is 479 g/mol. The maximum absolute atomic E-state index is 6.12. The summed E-state index contributed by atoms with van der Waals surface area (Å²) in [6.45, 7) is 3.94. The second-order valence-corrected chi connectivity index (χ2v) is 9.28. The highest BCUT2D eigenvalue weighted by Crippen LogP contribution is 2.60. The van der Waals surface area contributed by atoms with Gasteiger partial charge in [0, 0.05) is 41.8 Å². The Labute approximate surface area is 174 Å². The summed E-state index contributed by atoms with van der Waals surface area (Å²) in [4.78, 5) is 4.78. The number of ether oxygens (including phenoxy) is 1. The fraction of sp³-hybridized carbons (Fsp3) is 0.947. The molecule has 6 heteroatoms. The average molecular weight is 479 g/mol. The van der Waals surface area contributed by atoms with E-state index in [-0.39, 0.29) is 24.0 Å². The molecule has 0 aromatic carbocycles. The normalized spacial score (nSPS) is 39.0. The number of hydrogen-bond acceptors (Lipinski definition) is 3. The lowest BCUT2D eigenvalue weighted by molar-refractivity contribution is -0.125. The van der Waals surface area contributed by atoms with Crippen molar-refractivity contribution in [1.82, 2.24) is 10.6 Å². The van der Waals surface area contributed by atoms with Crippen LogP contribution in [0.2, 0.25) is 0 Å². The molecule has 3 aliphatic carbocycles. The third kappa shape index (κ3) is 3.68. The molecule has 0 radical (unpaired) electrons. The Bertz CT molecular complexity index is 483. The van der Waals surface area contributed by atoms with Crippen LogP contribution in [-0.4, -0.2) is 48.8 Å². The summed E-state index contributed by atoms with van der Waals surface area (Å²) >= 11 is 2.02. The molecule has 25 heavy (non-hydrogen) atoms. The number of fused-ring (bicyclic) bond motifs is 2. The quantitative estimate of drug-likeness (QED) is 0.366. The first-order chi connectivity index (χ1) is 11.8. The van der Waals surface area contributed by atoms with Crippen molar-refractivity contribution in [3.05, 3.63) is 0 Å². The Morgan fingerprint density at radius 1 is 1.20 bits per heavy atom. The summed E-state index contributed by atoms with van der Waals surface area (Å²) in [6.07, 6.45) is 13.3.